The number of anilines is 1. The molecular formula is C13H18Cl2N2. The Labute approximate surface area is 113 Å². The maximum absolute atomic E-state index is 6.02. The predicted molar refractivity (Wildman–Crippen MR) is 74.0 cm³/mol. The van der Waals surface area contributed by atoms with Crippen molar-refractivity contribution in [2.75, 3.05) is 18.0 Å². The van der Waals surface area contributed by atoms with E-state index in [1.165, 1.54) is 6.42 Å². The van der Waals surface area contributed by atoms with E-state index in [9.17, 15) is 0 Å². The van der Waals surface area contributed by atoms with Crippen molar-refractivity contribution in [1.29, 1.82) is 0 Å². The quantitative estimate of drug-likeness (QED) is 0.775. The Bertz CT molecular complexity index is 393. The standard InChI is InChI=1S/C13H18Cl2N2/c1-9(2)10-5-6-17(8-10)13-4-3-11(15)12(7-14)16-13/h3-4,9-10H,5-8H2,1-2H3. The van der Waals surface area contributed by atoms with Crippen LogP contribution in [-0.2, 0) is 5.88 Å². The Hall–Kier alpha value is -0.470. The molecule has 1 atom stereocenters. The fourth-order valence-electron chi connectivity index (χ4n) is 2.28. The van der Waals surface area contributed by atoms with Gasteiger partial charge in [-0.3, -0.25) is 0 Å². The number of rotatable bonds is 3. The highest BCUT2D eigenvalue weighted by atomic mass is 35.5. The number of alkyl halides is 1. The maximum atomic E-state index is 6.02. The van der Waals surface area contributed by atoms with Gasteiger partial charge in [0.2, 0.25) is 0 Å². The topological polar surface area (TPSA) is 16.1 Å². The molecule has 2 heterocycles. The van der Waals surface area contributed by atoms with E-state index in [2.05, 4.69) is 23.7 Å². The molecule has 17 heavy (non-hydrogen) atoms. The highest BCUT2D eigenvalue weighted by molar-refractivity contribution is 6.32. The molecule has 94 valence electrons. The Morgan fingerprint density at radius 3 is 2.82 bits per heavy atom. The molecule has 0 spiro atoms. The van der Waals surface area contributed by atoms with Crippen LogP contribution in [0.3, 0.4) is 0 Å². The molecule has 1 aromatic rings. The second kappa shape index (κ2) is 5.45. The third kappa shape index (κ3) is 2.86. The summed E-state index contributed by atoms with van der Waals surface area (Å²) in [7, 11) is 0. The van der Waals surface area contributed by atoms with Gasteiger partial charge in [0.1, 0.15) is 5.82 Å². The summed E-state index contributed by atoms with van der Waals surface area (Å²) in [6.07, 6.45) is 1.25. The number of halogens is 2. The first-order chi connectivity index (χ1) is 8.11. The van der Waals surface area contributed by atoms with Crippen LogP contribution in [0.15, 0.2) is 12.1 Å². The smallest absolute Gasteiger partial charge is 0.128 e. The van der Waals surface area contributed by atoms with Crippen molar-refractivity contribution in [3.8, 4) is 0 Å². The minimum absolute atomic E-state index is 0.369. The summed E-state index contributed by atoms with van der Waals surface area (Å²) < 4.78 is 0. The molecule has 2 nitrogen and oxygen atoms in total. The molecule has 0 aromatic carbocycles. The van der Waals surface area contributed by atoms with Crippen LogP contribution in [-0.4, -0.2) is 18.1 Å². The molecule has 1 saturated heterocycles. The van der Waals surface area contributed by atoms with Crippen molar-refractivity contribution in [3.63, 3.8) is 0 Å². The largest absolute Gasteiger partial charge is 0.356 e. The molecule has 1 fully saturated rings. The molecule has 1 aliphatic rings. The summed E-state index contributed by atoms with van der Waals surface area (Å²) in [6, 6.07) is 3.88. The number of aromatic nitrogens is 1. The summed E-state index contributed by atoms with van der Waals surface area (Å²) in [5.41, 5.74) is 0.777. The average Bonchev–Trinajstić information content (AvgIpc) is 2.79. The first-order valence-corrected chi connectivity index (χ1v) is 6.99. The van der Waals surface area contributed by atoms with Gasteiger partial charge in [0.05, 0.1) is 16.6 Å². The van der Waals surface area contributed by atoms with Crippen molar-refractivity contribution < 1.29 is 0 Å². The zero-order valence-corrected chi connectivity index (χ0v) is 11.8. The number of hydrogen-bond acceptors (Lipinski definition) is 2. The van der Waals surface area contributed by atoms with E-state index in [0.29, 0.717) is 10.9 Å². The van der Waals surface area contributed by atoms with Crippen molar-refractivity contribution in [1.82, 2.24) is 4.98 Å². The maximum Gasteiger partial charge on any atom is 0.128 e. The minimum atomic E-state index is 0.369. The van der Waals surface area contributed by atoms with E-state index in [1.54, 1.807) is 0 Å². The van der Waals surface area contributed by atoms with Gasteiger partial charge < -0.3 is 4.90 Å². The fourth-order valence-corrected chi connectivity index (χ4v) is 2.73. The van der Waals surface area contributed by atoms with Gasteiger partial charge in [-0.25, -0.2) is 4.98 Å². The van der Waals surface area contributed by atoms with Crippen LogP contribution in [0.1, 0.15) is 26.0 Å². The van der Waals surface area contributed by atoms with E-state index >= 15 is 0 Å². The van der Waals surface area contributed by atoms with Crippen molar-refractivity contribution >= 4 is 29.0 Å². The summed E-state index contributed by atoms with van der Waals surface area (Å²) in [6.45, 7) is 6.74. The molecule has 0 radical (unpaired) electrons. The highest BCUT2D eigenvalue weighted by Gasteiger charge is 2.25. The third-order valence-electron chi connectivity index (χ3n) is 3.52. The molecule has 0 N–H and O–H groups in total. The second-order valence-corrected chi connectivity index (χ2v) is 5.64. The molecule has 0 amide bonds. The molecule has 0 saturated carbocycles. The molecule has 1 unspecified atom stereocenters. The molecule has 1 aliphatic heterocycles. The Balaban J connectivity index is 2.13. The van der Waals surface area contributed by atoms with Crippen molar-refractivity contribution in [2.45, 2.75) is 26.1 Å². The first-order valence-electron chi connectivity index (χ1n) is 6.08. The summed E-state index contributed by atoms with van der Waals surface area (Å²) in [5.74, 6) is 2.88. The van der Waals surface area contributed by atoms with E-state index in [0.717, 1.165) is 36.4 Å². The van der Waals surface area contributed by atoms with Crippen LogP contribution in [0.25, 0.3) is 0 Å². The highest BCUT2D eigenvalue weighted by Crippen LogP contribution is 2.28. The van der Waals surface area contributed by atoms with Gasteiger partial charge >= 0.3 is 0 Å². The van der Waals surface area contributed by atoms with Gasteiger partial charge in [0, 0.05) is 13.1 Å². The van der Waals surface area contributed by atoms with Crippen LogP contribution in [0.2, 0.25) is 5.02 Å². The van der Waals surface area contributed by atoms with Gasteiger partial charge in [-0.05, 0) is 30.4 Å². The monoisotopic (exact) mass is 272 g/mol. The first kappa shape index (κ1) is 13.0. The van der Waals surface area contributed by atoms with Crippen LogP contribution < -0.4 is 4.90 Å². The fraction of sp³-hybridized carbons (Fsp3) is 0.615. The molecule has 0 bridgehead atoms. The van der Waals surface area contributed by atoms with Gasteiger partial charge in [0.15, 0.2) is 0 Å². The molecule has 0 aliphatic carbocycles. The second-order valence-electron chi connectivity index (χ2n) is 4.97. The van der Waals surface area contributed by atoms with Crippen LogP contribution in [0, 0.1) is 11.8 Å². The van der Waals surface area contributed by atoms with Gasteiger partial charge in [0.25, 0.3) is 0 Å². The van der Waals surface area contributed by atoms with E-state index in [-0.39, 0.29) is 0 Å². The van der Waals surface area contributed by atoms with Crippen molar-refractivity contribution in [3.05, 3.63) is 22.8 Å². The predicted octanol–water partition coefficient (Wildman–Crippen LogP) is 3.96. The number of pyridine rings is 1. The number of nitrogens with zero attached hydrogens (tertiary/aromatic N) is 2. The third-order valence-corrected chi connectivity index (χ3v) is 4.12. The summed E-state index contributed by atoms with van der Waals surface area (Å²) >= 11 is 11.8. The summed E-state index contributed by atoms with van der Waals surface area (Å²) in [4.78, 5) is 6.86. The van der Waals surface area contributed by atoms with Crippen LogP contribution in [0.4, 0.5) is 5.82 Å². The molecule has 2 rings (SSSR count). The number of hydrogen-bond donors (Lipinski definition) is 0. The Morgan fingerprint density at radius 2 is 2.24 bits per heavy atom. The SMILES string of the molecule is CC(C)C1CCN(c2ccc(Cl)c(CCl)n2)C1. The Morgan fingerprint density at radius 1 is 1.47 bits per heavy atom. The lowest BCUT2D eigenvalue weighted by atomic mass is 9.95. The van der Waals surface area contributed by atoms with Crippen LogP contribution >= 0.6 is 23.2 Å². The lowest BCUT2D eigenvalue weighted by Crippen LogP contribution is -2.22. The van der Waals surface area contributed by atoms with Gasteiger partial charge in [-0.2, -0.15) is 0 Å². The van der Waals surface area contributed by atoms with E-state index in [4.69, 9.17) is 23.2 Å². The van der Waals surface area contributed by atoms with Crippen molar-refractivity contribution in [2.24, 2.45) is 11.8 Å². The van der Waals surface area contributed by atoms with E-state index in [1.807, 2.05) is 12.1 Å². The molecular weight excluding hydrogens is 255 g/mol. The summed E-state index contributed by atoms with van der Waals surface area (Å²) in [5, 5.41) is 0.656. The van der Waals surface area contributed by atoms with Crippen LogP contribution in [0.5, 0.6) is 0 Å². The van der Waals surface area contributed by atoms with Gasteiger partial charge in [-0.15, -0.1) is 11.6 Å². The molecule has 1 aromatic heterocycles. The molecule has 4 heteroatoms. The Kier molecular flexibility index (Phi) is 4.16. The van der Waals surface area contributed by atoms with E-state index < -0.39 is 0 Å². The van der Waals surface area contributed by atoms with Gasteiger partial charge in [-0.1, -0.05) is 25.4 Å². The minimum Gasteiger partial charge on any atom is -0.356 e. The zero-order chi connectivity index (χ0) is 12.4. The lowest BCUT2D eigenvalue weighted by molar-refractivity contribution is 0.422. The average molecular weight is 273 g/mol. The lowest BCUT2D eigenvalue weighted by Gasteiger charge is -2.19. The zero-order valence-electron chi connectivity index (χ0n) is 10.3. The normalized spacial score (nSPS) is 20.3.